The molecular formula is C16H23N3. The molecule has 1 saturated carbocycles. The Morgan fingerprint density at radius 1 is 1.05 bits per heavy atom. The van der Waals surface area contributed by atoms with Crippen LogP contribution in [-0.4, -0.2) is 30.0 Å². The zero-order chi connectivity index (χ0) is 13.1. The topological polar surface area (TPSA) is 41.6 Å². The van der Waals surface area contributed by atoms with Gasteiger partial charge in [-0.05, 0) is 36.8 Å². The van der Waals surface area contributed by atoms with Gasteiger partial charge in [-0.2, -0.15) is 0 Å². The Bertz CT molecular complexity index is 434. The summed E-state index contributed by atoms with van der Waals surface area (Å²) in [6, 6.07) is 9.21. The van der Waals surface area contributed by atoms with Crippen molar-refractivity contribution in [2.24, 2.45) is 10.7 Å². The summed E-state index contributed by atoms with van der Waals surface area (Å²) in [5.41, 5.74) is 9.15. The van der Waals surface area contributed by atoms with E-state index in [4.69, 9.17) is 10.7 Å². The van der Waals surface area contributed by atoms with E-state index >= 15 is 0 Å². The predicted molar refractivity (Wildman–Crippen MR) is 79.3 cm³/mol. The quantitative estimate of drug-likeness (QED) is 0.620. The highest BCUT2D eigenvalue weighted by Gasteiger charge is 2.18. The second-order valence-corrected chi connectivity index (χ2v) is 5.68. The number of hydrogen-bond acceptors (Lipinski definition) is 1. The van der Waals surface area contributed by atoms with Gasteiger partial charge in [0.2, 0.25) is 0 Å². The van der Waals surface area contributed by atoms with Crippen LogP contribution in [-0.2, 0) is 12.8 Å². The van der Waals surface area contributed by atoms with Gasteiger partial charge < -0.3 is 10.6 Å². The Morgan fingerprint density at radius 3 is 2.21 bits per heavy atom. The number of aliphatic imine (C=N–C) groups is 1. The van der Waals surface area contributed by atoms with Crippen molar-refractivity contribution in [3.8, 4) is 0 Å². The molecule has 2 aliphatic rings. The number of hydrogen-bond donors (Lipinski definition) is 1. The van der Waals surface area contributed by atoms with Crippen molar-refractivity contribution < 1.29 is 0 Å². The predicted octanol–water partition coefficient (Wildman–Crippen LogP) is 2.34. The Hall–Kier alpha value is -1.51. The standard InChI is InChI=1S/C16H23N3/c17-16(18-15-7-3-4-8-15)19-11-9-13-5-1-2-6-14(13)10-12-19/h1-2,5-6,15H,3-4,7-12H2,(H2,17,18). The van der Waals surface area contributed by atoms with Gasteiger partial charge in [0.25, 0.3) is 0 Å². The first-order valence-corrected chi connectivity index (χ1v) is 7.48. The Balaban J connectivity index is 1.67. The second-order valence-electron chi connectivity index (χ2n) is 5.68. The third-order valence-electron chi connectivity index (χ3n) is 4.38. The number of rotatable bonds is 1. The fraction of sp³-hybridized carbons (Fsp3) is 0.562. The first kappa shape index (κ1) is 12.5. The zero-order valence-electron chi connectivity index (χ0n) is 11.5. The van der Waals surface area contributed by atoms with Crippen LogP contribution >= 0.6 is 0 Å². The van der Waals surface area contributed by atoms with Gasteiger partial charge in [0.15, 0.2) is 5.96 Å². The Kier molecular flexibility index (Phi) is 3.72. The highest BCUT2D eigenvalue weighted by Crippen LogP contribution is 2.21. The molecule has 102 valence electrons. The average Bonchev–Trinajstić information content (AvgIpc) is 2.83. The minimum atomic E-state index is 0.477. The maximum Gasteiger partial charge on any atom is 0.191 e. The molecule has 0 saturated heterocycles. The Morgan fingerprint density at radius 2 is 1.63 bits per heavy atom. The van der Waals surface area contributed by atoms with Crippen LogP contribution in [0.15, 0.2) is 29.3 Å². The summed E-state index contributed by atoms with van der Waals surface area (Å²) < 4.78 is 0. The number of benzene rings is 1. The summed E-state index contributed by atoms with van der Waals surface area (Å²) in [4.78, 5) is 6.99. The molecule has 1 aromatic rings. The molecule has 1 fully saturated rings. The maximum atomic E-state index is 6.21. The van der Waals surface area contributed by atoms with Gasteiger partial charge in [-0.25, -0.2) is 4.99 Å². The molecule has 1 aliphatic carbocycles. The summed E-state index contributed by atoms with van der Waals surface area (Å²) in [7, 11) is 0. The lowest BCUT2D eigenvalue weighted by molar-refractivity contribution is 0.429. The molecule has 0 unspecified atom stereocenters. The smallest absolute Gasteiger partial charge is 0.191 e. The van der Waals surface area contributed by atoms with E-state index in [1.165, 1.54) is 36.8 Å². The van der Waals surface area contributed by atoms with Crippen LogP contribution in [0.25, 0.3) is 0 Å². The second kappa shape index (κ2) is 5.64. The van der Waals surface area contributed by atoms with Crippen molar-refractivity contribution >= 4 is 5.96 Å². The number of fused-ring (bicyclic) bond motifs is 1. The molecule has 1 aliphatic heterocycles. The van der Waals surface area contributed by atoms with Crippen molar-refractivity contribution in [3.63, 3.8) is 0 Å². The van der Waals surface area contributed by atoms with E-state index in [1.807, 2.05) is 0 Å². The van der Waals surface area contributed by atoms with Crippen LogP contribution in [0.2, 0.25) is 0 Å². The lowest BCUT2D eigenvalue weighted by atomic mass is 10.0. The van der Waals surface area contributed by atoms with Crippen LogP contribution in [0, 0.1) is 0 Å². The molecule has 19 heavy (non-hydrogen) atoms. The van der Waals surface area contributed by atoms with E-state index in [0.717, 1.165) is 31.9 Å². The van der Waals surface area contributed by atoms with Crippen molar-refractivity contribution in [2.75, 3.05) is 13.1 Å². The monoisotopic (exact) mass is 257 g/mol. The Labute approximate surface area is 115 Å². The van der Waals surface area contributed by atoms with Gasteiger partial charge in [-0.15, -0.1) is 0 Å². The van der Waals surface area contributed by atoms with E-state index in [2.05, 4.69) is 29.2 Å². The number of guanidine groups is 1. The zero-order valence-corrected chi connectivity index (χ0v) is 11.5. The van der Waals surface area contributed by atoms with Crippen LogP contribution < -0.4 is 5.73 Å². The highest BCUT2D eigenvalue weighted by molar-refractivity contribution is 5.78. The van der Waals surface area contributed by atoms with Crippen molar-refractivity contribution in [1.82, 2.24) is 4.90 Å². The molecule has 0 bridgehead atoms. The highest BCUT2D eigenvalue weighted by atomic mass is 15.3. The van der Waals surface area contributed by atoms with Gasteiger partial charge >= 0.3 is 0 Å². The first-order chi connectivity index (χ1) is 9.33. The summed E-state index contributed by atoms with van der Waals surface area (Å²) in [6.07, 6.45) is 7.22. The average molecular weight is 257 g/mol. The van der Waals surface area contributed by atoms with E-state index in [0.29, 0.717) is 6.04 Å². The molecule has 3 nitrogen and oxygen atoms in total. The van der Waals surface area contributed by atoms with Gasteiger partial charge in [0, 0.05) is 13.1 Å². The summed E-state index contributed by atoms with van der Waals surface area (Å²) in [5.74, 6) is 0.764. The summed E-state index contributed by atoms with van der Waals surface area (Å²) >= 11 is 0. The lowest BCUT2D eigenvalue weighted by Crippen LogP contribution is -2.39. The minimum Gasteiger partial charge on any atom is -0.370 e. The third-order valence-corrected chi connectivity index (χ3v) is 4.38. The largest absolute Gasteiger partial charge is 0.370 e. The van der Waals surface area contributed by atoms with Gasteiger partial charge in [-0.1, -0.05) is 37.1 Å². The fourth-order valence-corrected chi connectivity index (χ4v) is 3.20. The van der Waals surface area contributed by atoms with Crippen molar-refractivity contribution in [3.05, 3.63) is 35.4 Å². The molecule has 2 N–H and O–H groups in total. The van der Waals surface area contributed by atoms with E-state index < -0.39 is 0 Å². The molecule has 0 radical (unpaired) electrons. The van der Waals surface area contributed by atoms with Gasteiger partial charge in [0.1, 0.15) is 0 Å². The first-order valence-electron chi connectivity index (χ1n) is 7.48. The van der Waals surface area contributed by atoms with Crippen molar-refractivity contribution in [2.45, 2.75) is 44.6 Å². The molecule has 0 aromatic heterocycles. The molecule has 1 aromatic carbocycles. The summed E-state index contributed by atoms with van der Waals surface area (Å²) in [5, 5.41) is 0. The SMILES string of the molecule is NC(=NC1CCCC1)N1CCc2ccccc2CC1. The van der Waals surface area contributed by atoms with E-state index in [9.17, 15) is 0 Å². The molecule has 3 rings (SSSR count). The molecule has 0 spiro atoms. The summed E-state index contributed by atoms with van der Waals surface area (Å²) in [6.45, 7) is 2.00. The number of nitrogens with zero attached hydrogens (tertiary/aromatic N) is 2. The van der Waals surface area contributed by atoms with Gasteiger partial charge in [-0.3, -0.25) is 0 Å². The van der Waals surface area contributed by atoms with Crippen LogP contribution in [0.4, 0.5) is 0 Å². The fourth-order valence-electron chi connectivity index (χ4n) is 3.20. The molecule has 3 heteroatoms. The normalized spacial score (nSPS) is 21.3. The van der Waals surface area contributed by atoms with Crippen LogP contribution in [0.5, 0.6) is 0 Å². The maximum absolute atomic E-state index is 6.21. The minimum absolute atomic E-state index is 0.477. The van der Waals surface area contributed by atoms with Crippen LogP contribution in [0.1, 0.15) is 36.8 Å². The van der Waals surface area contributed by atoms with E-state index in [1.54, 1.807) is 0 Å². The van der Waals surface area contributed by atoms with E-state index in [-0.39, 0.29) is 0 Å². The number of nitrogens with two attached hydrogens (primary N) is 1. The molecule has 1 heterocycles. The molecule has 0 amide bonds. The van der Waals surface area contributed by atoms with Gasteiger partial charge in [0.05, 0.1) is 6.04 Å². The third kappa shape index (κ3) is 2.91. The van der Waals surface area contributed by atoms with Crippen LogP contribution in [0.3, 0.4) is 0 Å². The molecule has 0 atom stereocenters. The molecular weight excluding hydrogens is 234 g/mol. The van der Waals surface area contributed by atoms with Crippen molar-refractivity contribution in [1.29, 1.82) is 0 Å². The lowest BCUT2D eigenvalue weighted by Gasteiger charge is -2.22.